The van der Waals surface area contributed by atoms with Crippen molar-refractivity contribution in [3.63, 3.8) is 0 Å². The fourth-order valence-corrected chi connectivity index (χ4v) is 4.29. The molecule has 3 rings (SSSR count). The number of thioether (sulfide) groups is 1. The van der Waals surface area contributed by atoms with Crippen molar-refractivity contribution in [3.05, 3.63) is 24.3 Å². The number of carboxylic acid groups (broad SMARTS) is 1. The fraction of sp³-hybridized carbons (Fsp3) is 0.588. The first-order valence-electron chi connectivity index (χ1n) is 7.87. The minimum absolute atomic E-state index is 0. The third-order valence-corrected chi connectivity index (χ3v) is 5.85. The maximum Gasteiger partial charge on any atom is 0.311 e. The lowest BCUT2D eigenvalue weighted by atomic mass is 9.81. The number of halogens is 1. The third-order valence-electron chi connectivity index (χ3n) is 5.10. The summed E-state index contributed by atoms with van der Waals surface area (Å²) < 4.78 is 5.78. The first-order valence-corrected chi connectivity index (χ1v) is 9.09. The van der Waals surface area contributed by atoms with Crippen molar-refractivity contribution in [1.29, 1.82) is 0 Å². The Morgan fingerprint density at radius 3 is 2.78 bits per heavy atom. The molecule has 0 unspecified atom stereocenters. The van der Waals surface area contributed by atoms with E-state index in [-0.39, 0.29) is 12.4 Å². The number of hydrogen-bond acceptors (Lipinski definition) is 4. The SMILES string of the molecule is CSc1ccc(OCCN2C[C@@H]3CCC[C@@]3(C(=O)O)C2)cc1.Cl. The fourth-order valence-electron chi connectivity index (χ4n) is 3.88. The Morgan fingerprint density at radius 2 is 2.17 bits per heavy atom. The molecule has 0 amide bonds. The molecule has 1 aliphatic heterocycles. The summed E-state index contributed by atoms with van der Waals surface area (Å²) in [6.45, 7) is 3.00. The highest BCUT2D eigenvalue weighted by Gasteiger charge is 2.54. The Morgan fingerprint density at radius 1 is 1.43 bits per heavy atom. The lowest BCUT2D eigenvalue weighted by Gasteiger charge is -2.23. The normalized spacial score (nSPS) is 26.6. The van der Waals surface area contributed by atoms with Crippen LogP contribution in [0, 0.1) is 11.3 Å². The van der Waals surface area contributed by atoms with E-state index >= 15 is 0 Å². The van der Waals surface area contributed by atoms with Crippen molar-refractivity contribution in [2.75, 3.05) is 32.5 Å². The van der Waals surface area contributed by atoms with E-state index in [2.05, 4.69) is 23.3 Å². The summed E-state index contributed by atoms with van der Waals surface area (Å²) >= 11 is 1.71. The van der Waals surface area contributed by atoms with E-state index < -0.39 is 11.4 Å². The molecule has 0 spiro atoms. The van der Waals surface area contributed by atoms with Crippen LogP contribution in [0.1, 0.15) is 19.3 Å². The molecule has 23 heavy (non-hydrogen) atoms. The van der Waals surface area contributed by atoms with Crippen LogP contribution < -0.4 is 4.74 Å². The number of rotatable bonds is 6. The minimum Gasteiger partial charge on any atom is -0.492 e. The Balaban J connectivity index is 0.00000192. The van der Waals surface area contributed by atoms with E-state index in [4.69, 9.17) is 4.74 Å². The molecule has 1 saturated heterocycles. The highest BCUT2D eigenvalue weighted by Crippen LogP contribution is 2.48. The molecule has 2 aliphatic rings. The van der Waals surface area contributed by atoms with Crippen LogP contribution in [0.5, 0.6) is 5.75 Å². The molecule has 0 aromatic heterocycles. The summed E-state index contributed by atoms with van der Waals surface area (Å²) in [6.07, 6.45) is 5.00. The van der Waals surface area contributed by atoms with Crippen LogP contribution in [0.3, 0.4) is 0 Å². The summed E-state index contributed by atoms with van der Waals surface area (Å²) in [5.41, 5.74) is -0.486. The number of likely N-dealkylation sites (tertiary alicyclic amines) is 1. The van der Waals surface area contributed by atoms with Gasteiger partial charge in [-0.05, 0) is 49.3 Å². The van der Waals surface area contributed by atoms with Crippen molar-refractivity contribution < 1.29 is 14.6 Å². The van der Waals surface area contributed by atoms with Gasteiger partial charge in [-0.15, -0.1) is 24.2 Å². The zero-order valence-corrected chi connectivity index (χ0v) is 15.0. The minimum atomic E-state index is -0.605. The topological polar surface area (TPSA) is 49.8 Å². The van der Waals surface area contributed by atoms with E-state index in [9.17, 15) is 9.90 Å². The van der Waals surface area contributed by atoms with E-state index in [0.717, 1.165) is 38.1 Å². The predicted octanol–water partition coefficient (Wildman–Crippen LogP) is 3.40. The van der Waals surface area contributed by atoms with Gasteiger partial charge < -0.3 is 9.84 Å². The Kier molecular flexibility index (Phi) is 6.23. The second-order valence-corrected chi connectivity index (χ2v) is 7.19. The zero-order chi connectivity index (χ0) is 15.6. The van der Waals surface area contributed by atoms with Gasteiger partial charge in [0.2, 0.25) is 0 Å². The van der Waals surface area contributed by atoms with Crippen LogP contribution in [0.25, 0.3) is 0 Å². The molecule has 1 aromatic rings. The molecular weight excluding hydrogens is 334 g/mol. The molecule has 128 valence electrons. The van der Waals surface area contributed by atoms with E-state index in [1.807, 2.05) is 12.1 Å². The molecule has 1 aliphatic carbocycles. The smallest absolute Gasteiger partial charge is 0.311 e. The highest BCUT2D eigenvalue weighted by atomic mass is 35.5. The van der Waals surface area contributed by atoms with Gasteiger partial charge in [-0.25, -0.2) is 0 Å². The maximum atomic E-state index is 11.6. The first-order chi connectivity index (χ1) is 10.6. The molecule has 0 bridgehead atoms. The zero-order valence-electron chi connectivity index (χ0n) is 13.4. The summed E-state index contributed by atoms with van der Waals surface area (Å²) in [7, 11) is 0. The van der Waals surface area contributed by atoms with Gasteiger partial charge in [-0.3, -0.25) is 9.69 Å². The van der Waals surface area contributed by atoms with Gasteiger partial charge in [0.15, 0.2) is 0 Å². The van der Waals surface area contributed by atoms with Crippen LogP contribution in [0.2, 0.25) is 0 Å². The van der Waals surface area contributed by atoms with Crippen molar-refractivity contribution in [2.45, 2.75) is 24.2 Å². The number of fused-ring (bicyclic) bond motifs is 1. The van der Waals surface area contributed by atoms with Gasteiger partial charge in [0.05, 0.1) is 5.41 Å². The number of carbonyl (C=O) groups is 1. The Labute approximate surface area is 148 Å². The summed E-state index contributed by atoms with van der Waals surface area (Å²) in [6, 6.07) is 8.09. The van der Waals surface area contributed by atoms with Crippen molar-refractivity contribution in [1.82, 2.24) is 4.90 Å². The maximum absolute atomic E-state index is 11.6. The summed E-state index contributed by atoms with van der Waals surface area (Å²) in [5, 5.41) is 9.58. The average Bonchev–Trinajstić information content (AvgIpc) is 3.06. The summed E-state index contributed by atoms with van der Waals surface area (Å²) in [5.74, 6) is 0.599. The third kappa shape index (κ3) is 3.78. The highest BCUT2D eigenvalue weighted by molar-refractivity contribution is 7.98. The molecule has 2 atom stereocenters. The molecule has 1 N–H and O–H groups in total. The van der Waals surface area contributed by atoms with E-state index in [0.29, 0.717) is 19.1 Å². The number of carboxylic acids is 1. The molecular formula is C17H24ClNO3S. The second-order valence-electron chi connectivity index (χ2n) is 6.31. The monoisotopic (exact) mass is 357 g/mol. The average molecular weight is 358 g/mol. The van der Waals surface area contributed by atoms with Crippen LogP contribution in [-0.4, -0.2) is 48.5 Å². The molecule has 0 radical (unpaired) electrons. The van der Waals surface area contributed by atoms with Crippen LogP contribution in [0.15, 0.2) is 29.2 Å². The van der Waals surface area contributed by atoms with Crippen molar-refractivity contribution >= 4 is 30.1 Å². The Bertz CT molecular complexity index is 539. The van der Waals surface area contributed by atoms with Gasteiger partial charge in [-0.2, -0.15) is 0 Å². The first kappa shape index (κ1) is 18.4. The predicted molar refractivity (Wildman–Crippen MR) is 94.8 cm³/mol. The van der Waals surface area contributed by atoms with Crippen LogP contribution in [0.4, 0.5) is 0 Å². The number of benzene rings is 1. The molecule has 1 saturated carbocycles. The second kappa shape index (κ2) is 7.77. The largest absolute Gasteiger partial charge is 0.492 e. The Hall–Kier alpha value is -0.910. The lowest BCUT2D eigenvalue weighted by molar-refractivity contribution is -0.149. The number of hydrogen-bond donors (Lipinski definition) is 1. The van der Waals surface area contributed by atoms with Gasteiger partial charge in [0.1, 0.15) is 12.4 Å². The number of ether oxygens (including phenoxy) is 1. The molecule has 1 heterocycles. The molecule has 2 fully saturated rings. The standard InChI is InChI=1S/C17H23NO3S.ClH/c1-22-15-6-4-14(5-7-15)21-10-9-18-11-13-3-2-8-17(13,12-18)16(19)20;/h4-7,13H,2-3,8-12H2,1H3,(H,19,20);1H/t13-,17+;/m0./s1. The molecule has 6 heteroatoms. The quantitative estimate of drug-likeness (QED) is 0.791. The number of nitrogens with zero attached hydrogens (tertiary/aromatic N) is 1. The van der Waals surface area contributed by atoms with Gasteiger partial charge >= 0.3 is 5.97 Å². The van der Waals surface area contributed by atoms with Crippen LogP contribution in [-0.2, 0) is 4.79 Å². The van der Waals surface area contributed by atoms with Crippen molar-refractivity contribution in [2.24, 2.45) is 11.3 Å². The van der Waals surface area contributed by atoms with Gasteiger partial charge in [0.25, 0.3) is 0 Å². The molecule has 1 aromatic carbocycles. The van der Waals surface area contributed by atoms with Crippen LogP contribution >= 0.6 is 24.2 Å². The van der Waals surface area contributed by atoms with E-state index in [1.54, 1.807) is 11.8 Å². The van der Waals surface area contributed by atoms with E-state index in [1.165, 1.54) is 4.90 Å². The summed E-state index contributed by atoms with van der Waals surface area (Å²) in [4.78, 5) is 15.1. The lowest BCUT2D eigenvalue weighted by Crippen LogP contribution is -2.36. The van der Waals surface area contributed by atoms with Crippen molar-refractivity contribution in [3.8, 4) is 5.75 Å². The molecule has 4 nitrogen and oxygen atoms in total. The van der Waals surface area contributed by atoms with Gasteiger partial charge in [-0.1, -0.05) is 6.42 Å². The van der Waals surface area contributed by atoms with Gasteiger partial charge in [0, 0.05) is 24.5 Å². The number of aliphatic carboxylic acids is 1.